The van der Waals surface area contributed by atoms with Crippen LogP contribution in [0, 0.1) is 5.92 Å². The monoisotopic (exact) mass is 437 g/mol. The quantitative estimate of drug-likeness (QED) is 0.441. The molecule has 3 N–H and O–H groups in total. The Hall–Kier alpha value is -3.06. The van der Waals surface area contributed by atoms with Gasteiger partial charge in [-0.05, 0) is 61.8 Å². The van der Waals surface area contributed by atoms with Gasteiger partial charge in [0.15, 0.2) is 0 Å². The van der Waals surface area contributed by atoms with Crippen molar-refractivity contribution in [1.29, 1.82) is 0 Å². The SMILES string of the molecule is O=C(O)CCc1cccc(Nc2cc(O/C(=C/NC3CC3)CC3CCOCC3)ccn2)c1. The number of hydrogen-bond acceptors (Lipinski definition) is 6. The summed E-state index contributed by atoms with van der Waals surface area (Å²) in [7, 11) is 0. The number of pyridine rings is 1. The van der Waals surface area contributed by atoms with Crippen molar-refractivity contribution in [3.8, 4) is 5.75 Å². The molecule has 1 saturated carbocycles. The van der Waals surface area contributed by atoms with Gasteiger partial charge in [-0.1, -0.05) is 12.1 Å². The van der Waals surface area contributed by atoms with Crippen molar-refractivity contribution in [3.05, 3.63) is 60.1 Å². The fraction of sp³-hybridized carbons (Fsp3) is 0.440. The second-order valence-corrected chi connectivity index (χ2v) is 8.51. The van der Waals surface area contributed by atoms with Gasteiger partial charge in [0.25, 0.3) is 0 Å². The van der Waals surface area contributed by atoms with Crippen molar-refractivity contribution in [2.75, 3.05) is 18.5 Å². The fourth-order valence-electron chi connectivity index (χ4n) is 3.72. The second kappa shape index (κ2) is 11.0. The minimum absolute atomic E-state index is 0.113. The van der Waals surface area contributed by atoms with Crippen LogP contribution in [0.15, 0.2) is 54.6 Å². The molecular weight excluding hydrogens is 406 g/mol. The maximum absolute atomic E-state index is 10.8. The lowest BCUT2D eigenvalue weighted by molar-refractivity contribution is -0.136. The molecule has 2 aliphatic rings. The topological polar surface area (TPSA) is 92.7 Å². The number of carboxylic acid groups (broad SMARTS) is 1. The molecule has 1 aliphatic carbocycles. The lowest BCUT2D eigenvalue weighted by Gasteiger charge is -2.23. The summed E-state index contributed by atoms with van der Waals surface area (Å²) in [5.41, 5.74) is 1.84. The third kappa shape index (κ3) is 7.27. The van der Waals surface area contributed by atoms with Gasteiger partial charge in [-0.2, -0.15) is 0 Å². The van der Waals surface area contributed by atoms with Crippen LogP contribution >= 0.6 is 0 Å². The molecule has 1 aromatic heterocycles. The Kier molecular flexibility index (Phi) is 7.61. The molecule has 1 aromatic carbocycles. The number of ether oxygens (including phenoxy) is 2. The number of nitrogens with one attached hydrogen (secondary N) is 2. The summed E-state index contributed by atoms with van der Waals surface area (Å²) in [4.78, 5) is 15.2. The van der Waals surface area contributed by atoms with Gasteiger partial charge in [0.05, 0.1) is 0 Å². The standard InChI is InChI=1S/C25H31N3O4/c29-25(30)7-4-18-2-1-3-21(14-18)28-24-16-22(8-11-26-24)32-23(17-27-20-5-6-20)15-19-9-12-31-13-10-19/h1-3,8,11,14,16-17,19-20,27H,4-7,9-10,12-13,15H2,(H,26,28)(H,29,30)/b23-17+. The highest BCUT2D eigenvalue weighted by atomic mass is 16.5. The number of allylic oxidation sites excluding steroid dienone is 1. The molecule has 170 valence electrons. The van der Waals surface area contributed by atoms with Gasteiger partial charge in [-0.15, -0.1) is 0 Å². The Morgan fingerprint density at radius 1 is 1.19 bits per heavy atom. The number of aliphatic carboxylic acids is 1. The molecule has 0 radical (unpaired) electrons. The highest BCUT2D eigenvalue weighted by Gasteiger charge is 2.21. The van der Waals surface area contributed by atoms with Crippen LogP contribution in [0.25, 0.3) is 0 Å². The molecule has 0 amide bonds. The van der Waals surface area contributed by atoms with E-state index in [2.05, 4.69) is 15.6 Å². The number of carboxylic acids is 1. The summed E-state index contributed by atoms with van der Waals surface area (Å²) >= 11 is 0. The minimum atomic E-state index is -0.796. The maximum Gasteiger partial charge on any atom is 0.303 e. The van der Waals surface area contributed by atoms with E-state index in [-0.39, 0.29) is 6.42 Å². The third-order valence-corrected chi connectivity index (χ3v) is 5.70. The van der Waals surface area contributed by atoms with Crippen LogP contribution in [0.1, 0.15) is 44.1 Å². The number of hydrogen-bond donors (Lipinski definition) is 3. The van der Waals surface area contributed by atoms with E-state index >= 15 is 0 Å². The Morgan fingerprint density at radius 2 is 2.03 bits per heavy atom. The zero-order chi connectivity index (χ0) is 22.2. The van der Waals surface area contributed by atoms with E-state index in [9.17, 15) is 4.79 Å². The van der Waals surface area contributed by atoms with E-state index in [1.54, 1.807) is 6.20 Å². The summed E-state index contributed by atoms with van der Waals surface area (Å²) in [6.07, 6.45) is 9.82. The molecule has 0 bridgehead atoms. The number of carbonyl (C=O) groups is 1. The van der Waals surface area contributed by atoms with Gasteiger partial charge >= 0.3 is 5.97 Å². The lowest BCUT2D eigenvalue weighted by atomic mass is 9.96. The average molecular weight is 438 g/mol. The summed E-state index contributed by atoms with van der Waals surface area (Å²) in [6, 6.07) is 12.1. The number of rotatable bonds is 11. The van der Waals surface area contributed by atoms with Crippen molar-refractivity contribution in [2.45, 2.75) is 51.0 Å². The number of nitrogens with zero attached hydrogens (tertiary/aromatic N) is 1. The van der Waals surface area contributed by atoms with Crippen LogP contribution in [0.4, 0.5) is 11.5 Å². The van der Waals surface area contributed by atoms with Gasteiger partial charge in [0.1, 0.15) is 17.3 Å². The van der Waals surface area contributed by atoms with Gasteiger partial charge in [-0.25, -0.2) is 4.98 Å². The molecule has 7 nitrogen and oxygen atoms in total. The second-order valence-electron chi connectivity index (χ2n) is 8.51. The number of aryl methyl sites for hydroxylation is 1. The van der Waals surface area contributed by atoms with E-state index in [0.717, 1.165) is 55.2 Å². The van der Waals surface area contributed by atoms with Gasteiger partial charge in [-0.3, -0.25) is 4.79 Å². The Morgan fingerprint density at radius 3 is 2.81 bits per heavy atom. The van der Waals surface area contributed by atoms with Crippen LogP contribution in [-0.2, 0) is 16.0 Å². The van der Waals surface area contributed by atoms with Crippen molar-refractivity contribution in [1.82, 2.24) is 10.3 Å². The zero-order valence-electron chi connectivity index (χ0n) is 18.3. The molecule has 2 heterocycles. The van der Waals surface area contributed by atoms with Crippen LogP contribution in [0.2, 0.25) is 0 Å². The first-order valence-corrected chi connectivity index (χ1v) is 11.4. The molecule has 0 atom stereocenters. The first-order chi connectivity index (χ1) is 15.6. The summed E-state index contributed by atoms with van der Waals surface area (Å²) < 4.78 is 11.8. The molecule has 2 aromatic rings. The first kappa shape index (κ1) is 22.1. The molecule has 2 fully saturated rings. The summed E-state index contributed by atoms with van der Waals surface area (Å²) in [5.74, 6) is 2.13. The molecule has 4 rings (SSSR count). The fourth-order valence-corrected chi connectivity index (χ4v) is 3.72. The Bertz CT molecular complexity index is 936. The molecule has 7 heteroatoms. The molecular formula is C25H31N3O4. The number of aromatic nitrogens is 1. The Labute approximate surface area is 188 Å². The largest absolute Gasteiger partial charge is 0.481 e. The number of benzene rings is 1. The predicted octanol–water partition coefficient (Wildman–Crippen LogP) is 4.63. The minimum Gasteiger partial charge on any atom is -0.481 e. The maximum atomic E-state index is 10.8. The van der Waals surface area contributed by atoms with Gasteiger partial charge in [0, 0.05) is 56.2 Å². The normalized spacial score (nSPS) is 17.1. The predicted molar refractivity (Wildman–Crippen MR) is 123 cm³/mol. The van der Waals surface area contributed by atoms with Crippen molar-refractivity contribution in [2.24, 2.45) is 5.92 Å². The molecule has 0 unspecified atom stereocenters. The van der Waals surface area contributed by atoms with E-state index in [1.807, 2.05) is 42.6 Å². The van der Waals surface area contributed by atoms with E-state index in [4.69, 9.17) is 14.6 Å². The third-order valence-electron chi connectivity index (χ3n) is 5.70. The number of anilines is 2. The molecule has 1 saturated heterocycles. The zero-order valence-corrected chi connectivity index (χ0v) is 18.3. The van der Waals surface area contributed by atoms with Gasteiger partial charge < -0.3 is 25.2 Å². The van der Waals surface area contributed by atoms with Crippen molar-refractivity contribution < 1.29 is 19.4 Å². The van der Waals surface area contributed by atoms with Crippen LogP contribution < -0.4 is 15.4 Å². The van der Waals surface area contributed by atoms with Gasteiger partial charge in [0.2, 0.25) is 0 Å². The highest BCUT2D eigenvalue weighted by Crippen LogP contribution is 2.27. The van der Waals surface area contributed by atoms with E-state index in [0.29, 0.717) is 24.2 Å². The lowest BCUT2D eigenvalue weighted by Crippen LogP contribution is -2.18. The Balaban J connectivity index is 1.40. The molecule has 0 spiro atoms. The van der Waals surface area contributed by atoms with Crippen LogP contribution in [0.5, 0.6) is 5.75 Å². The smallest absolute Gasteiger partial charge is 0.303 e. The first-order valence-electron chi connectivity index (χ1n) is 11.4. The van der Waals surface area contributed by atoms with Crippen LogP contribution in [0.3, 0.4) is 0 Å². The van der Waals surface area contributed by atoms with E-state index in [1.165, 1.54) is 12.8 Å². The highest BCUT2D eigenvalue weighted by molar-refractivity contribution is 5.67. The molecule has 32 heavy (non-hydrogen) atoms. The summed E-state index contributed by atoms with van der Waals surface area (Å²) in [5, 5.41) is 15.7. The van der Waals surface area contributed by atoms with Crippen LogP contribution in [-0.4, -0.2) is 35.3 Å². The molecule has 1 aliphatic heterocycles. The summed E-state index contributed by atoms with van der Waals surface area (Å²) in [6.45, 7) is 1.64. The van der Waals surface area contributed by atoms with Crippen molar-refractivity contribution in [3.63, 3.8) is 0 Å². The van der Waals surface area contributed by atoms with Crippen molar-refractivity contribution >= 4 is 17.5 Å². The average Bonchev–Trinajstić information content (AvgIpc) is 3.62. The van der Waals surface area contributed by atoms with E-state index < -0.39 is 5.97 Å².